The van der Waals surface area contributed by atoms with Gasteiger partial charge in [0.25, 0.3) is 5.91 Å². The number of anilines is 1. The molecule has 0 aliphatic carbocycles. The second-order valence-corrected chi connectivity index (χ2v) is 4.53. The summed E-state index contributed by atoms with van der Waals surface area (Å²) in [6.07, 6.45) is 0. The minimum absolute atomic E-state index is 0.203. The lowest BCUT2D eigenvalue weighted by atomic mass is 10.2. The van der Waals surface area contributed by atoms with Crippen LogP contribution in [0.4, 0.5) is 5.69 Å². The summed E-state index contributed by atoms with van der Waals surface area (Å²) >= 11 is 0. The Bertz CT molecular complexity index is 649. The molecule has 2 rings (SSSR count). The Labute approximate surface area is 117 Å². The molecule has 0 atom stereocenters. The highest BCUT2D eigenvalue weighted by atomic mass is 16.5. The van der Waals surface area contributed by atoms with Gasteiger partial charge in [0.05, 0.1) is 7.11 Å². The maximum atomic E-state index is 12.4. The van der Waals surface area contributed by atoms with E-state index in [1.54, 1.807) is 45.3 Å². The Morgan fingerprint density at radius 1 is 1.40 bits per heavy atom. The molecule has 20 heavy (non-hydrogen) atoms. The molecule has 0 radical (unpaired) electrons. The molecule has 2 aromatic rings. The standard InChI is InChI=1S/C14H17N3O3/c1-9-7-10(5-6-12(9)18)16(2)14(19)11-8-13(20-4)17(3)15-11/h5-8,18H,1-4H3. The molecule has 0 bridgehead atoms. The van der Waals surface area contributed by atoms with Gasteiger partial charge >= 0.3 is 0 Å². The SMILES string of the molecule is COc1cc(C(=O)N(C)c2ccc(O)c(C)c2)nn1C. The number of aryl methyl sites for hydroxylation is 2. The predicted molar refractivity (Wildman–Crippen MR) is 75.3 cm³/mol. The smallest absolute Gasteiger partial charge is 0.278 e. The second kappa shape index (κ2) is 5.24. The Balaban J connectivity index is 2.29. The lowest BCUT2D eigenvalue weighted by Crippen LogP contribution is -2.26. The van der Waals surface area contributed by atoms with Crippen LogP contribution >= 0.6 is 0 Å². The Morgan fingerprint density at radius 3 is 2.65 bits per heavy atom. The average molecular weight is 275 g/mol. The minimum atomic E-state index is -0.242. The number of amides is 1. The van der Waals surface area contributed by atoms with Crippen LogP contribution < -0.4 is 9.64 Å². The molecule has 0 aliphatic heterocycles. The van der Waals surface area contributed by atoms with Crippen molar-refractivity contribution < 1.29 is 14.6 Å². The Morgan fingerprint density at radius 2 is 2.10 bits per heavy atom. The zero-order valence-electron chi connectivity index (χ0n) is 11.9. The summed E-state index contributed by atoms with van der Waals surface area (Å²) in [5, 5.41) is 13.6. The van der Waals surface area contributed by atoms with Crippen LogP contribution in [0.2, 0.25) is 0 Å². The molecule has 1 aromatic carbocycles. The van der Waals surface area contributed by atoms with Crippen LogP contribution in [0.1, 0.15) is 16.1 Å². The van der Waals surface area contributed by atoms with Crippen molar-refractivity contribution in [2.24, 2.45) is 7.05 Å². The average Bonchev–Trinajstić information content (AvgIpc) is 2.81. The number of hydrogen-bond donors (Lipinski definition) is 1. The van der Waals surface area contributed by atoms with Crippen LogP contribution in [0.5, 0.6) is 11.6 Å². The Kier molecular flexibility index (Phi) is 3.65. The van der Waals surface area contributed by atoms with Gasteiger partial charge in [-0.2, -0.15) is 5.10 Å². The first-order valence-electron chi connectivity index (χ1n) is 6.09. The summed E-state index contributed by atoms with van der Waals surface area (Å²) in [6, 6.07) is 6.58. The molecule has 0 saturated carbocycles. The number of ether oxygens (including phenoxy) is 1. The fourth-order valence-corrected chi connectivity index (χ4v) is 1.88. The van der Waals surface area contributed by atoms with E-state index in [0.29, 0.717) is 22.8 Å². The van der Waals surface area contributed by atoms with Crippen LogP contribution in [0.15, 0.2) is 24.3 Å². The molecular weight excluding hydrogens is 258 g/mol. The van der Waals surface area contributed by atoms with Crippen molar-refractivity contribution >= 4 is 11.6 Å². The number of benzene rings is 1. The molecule has 0 fully saturated rings. The third-order valence-electron chi connectivity index (χ3n) is 3.14. The lowest BCUT2D eigenvalue weighted by Gasteiger charge is -2.16. The van der Waals surface area contributed by atoms with E-state index in [4.69, 9.17) is 4.74 Å². The molecule has 1 amide bonds. The summed E-state index contributed by atoms with van der Waals surface area (Å²) in [6.45, 7) is 1.78. The highest BCUT2D eigenvalue weighted by Gasteiger charge is 2.19. The number of aromatic hydroxyl groups is 1. The number of nitrogens with zero attached hydrogens (tertiary/aromatic N) is 3. The summed E-state index contributed by atoms with van der Waals surface area (Å²) < 4.78 is 6.60. The van der Waals surface area contributed by atoms with Crippen LogP contribution in [0.3, 0.4) is 0 Å². The maximum Gasteiger partial charge on any atom is 0.278 e. The van der Waals surface area contributed by atoms with Gasteiger partial charge in [-0.15, -0.1) is 0 Å². The van der Waals surface area contributed by atoms with Crippen molar-refractivity contribution in [3.63, 3.8) is 0 Å². The van der Waals surface area contributed by atoms with Crippen LogP contribution in [-0.2, 0) is 7.05 Å². The van der Waals surface area contributed by atoms with Crippen LogP contribution in [0, 0.1) is 6.92 Å². The molecule has 1 N–H and O–H groups in total. The van der Waals surface area contributed by atoms with Crippen LogP contribution in [0.25, 0.3) is 0 Å². The zero-order chi connectivity index (χ0) is 14.9. The number of phenols is 1. The molecule has 1 aromatic heterocycles. The van der Waals surface area contributed by atoms with E-state index < -0.39 is 0 Å². The molecule has 0 unspecified atom stereocenters. The van der Waals surface area contributed by atoms with Gasteiger partial charge in [-0.3, -0.25) is 4.79 Å². The normalized spacial score (nSPS) is 10.4. The zero-order valence-corrected chi connectivity index (χ0v) is 11.9. The molecule has 6 heteroatoms. The maximum absolute atomic E-state index is 12.4. The highest BCUT2D eigenvalue weighted by molar-refractivity contribution is 6.04. The van der Waals surface area contributed by atoms with E-state index in [1.807, 2.05) is 0 Å². The number of rotatable bonds is 3. The number of phenolic OH excluding ortho intramolecular Hbond substituents is 1. The fraction of sp³-hybridized carbons (Fsp3) is 0.286. The fourth-order valence-electron chi connectivity index (χ4n) is 1.88. The van der Waals surface area contributed by atoms with Gasteiger partial charge in [0.1, 0.15) is 5.75 Å². The van der Waals surface area contributed by atoms with E-state index >= 15 is 0 Å². The molecule has 6 nitrogen and oxygen atoms in total. The molecular formula is C14H17N3O3. The minimum Gasteiger partial charge on any atom is -0.508 e. The molecule has 0 spiro atoms. The van der Waals surface area contributed by atoms with Crippen LogP contribution in [-0.4, -0.2) is 35.0 Å². The van der Waals surface area contributed by atoms with Gasteiger partial charge in [0.15, 0.2) is 5.69 Å². The first kappa shape index (κ1) is 13.9. The van der Waals surface area contributed by atoms with E-state index in [-0.39, 0.29) is 11.7 Å². The number of carbonyl (C=O) groups excluding carboxylic acids is 1. The van der Waals surface area contributed by atoms with Crippen molar-refractivity contribution in [3.8, 4) is 11.6 Å². The van der Waals surface area contributed by atoms with Crippen molar-refractivity contribution in [2.75, 3.05) is 19.1 Å². The van der Waals surface area contributed by atoms with E-state index in [9.17, 15) is 9.90 Å². The number of carbonyl (C=O) groups is 1. The van der Waals surface area contributed by atoms with E-state index in [2.05, 4.69) is 5.10 Å². The summed E-state index contributed by atoms with van der Waals surface area (Å²) in [7, 11) is 4.90. The lowest BCUT2D eigenvalue weighted by molar-refractivity contribution is 0.0987. The quantitative estimate of drug-likeness (QED) is 0.926. The third kappa shape index (κ3) is 2.45. The van der Waals surface area contributed by atoms with Gasteiger partial charge in [-0.05, 0) is 30.7 Å². The van der Waals surface area contributed by atoms with Gasteiger partial charge in [-0.1, -0.05) is 0 Å². The summed E-state index contributed by atoms with van der Waals surface area (Å²) in [5.74, 6) is 0.478. The first-order valence-corrected chi connectivity index (χ1v) is 6.09. The third-order valence-corrected chi connectivity index (χ3v) is 3.14. The first-order chi connectivity index (χ1) is 9.43. The monoisotopic (exact) mass is 275 g/mol. The highest BCUT2D eigenvalue weighted by Crippen LogP contribution is 2.24. The number of methoxy groups -OCH3 is 1. The molecule has 1 heterocycles. The molecule has 0 aliphatic rings. The van der Waals surface area contributed by atoms with Gasteiger partial charge < -0.3 is 14.7 Å². The predicted octanol–water partition coefficient (Wildman–Crippen LogP) is 1.72. The van der Waals surface area contributed by atoms with Crippen molar-refractivity contribution in [1.29, 1.82) is 0 Å². The molecule has 0 saturated heterocycles. The molecule has 106 valence electrons. The van der Waals surface area contributed by atoms with Crippen molar-refractivity contribution in [1.82, 2.24) is 9.78 Å². The largest absolute Gasteiger partial charge is 0.508 e. The second-order valence-electron chi connectivity index (χ2n) is 4.53. The summed E-state index contributed by atoms with van der Waals surface area (Å²) in [4.78, 5) is 13.8. The summed E-state index contributed by atoms with van der Waals surface area (Å²) in [5.41, 5.74) is 1.70. The van der Waals surface area contributed by atoms with E-state index in [1.165, 1.54) is 16.7 Å². The Hall–Kier alpha value is -2.50. The van der Waals surface area contributed by atoms with Gasteiger partial charge in [0, 0.05) is 25.8 Å². The van der Waals surface area contributed by atoms with Gasteiger partial charge in [0.2, 0.25) is 5.88 Å². The number of hydrogen-bond acceptors (Lipinski definition) is 4. The van der Waals surface area contributed by atoms with Crippen molar-refractivity contribution in [2.45, 2.75) is 6.92 Å². The topological polar surface area (TPSA) is 67.6 Å². The van der Waals surface area contributed by atoms with Crippen molar-refractivity contribution in [3.05, 3.63) is 35.5 Å². The van der Waals surface area contributed by atoms with Gasteiger partial charge in [-0.25, -0.2) is 4.68 Å². The van der Waals surface area contributed by atoms with E-state index in [0.717, 1.165) is 0 Å². The number of aromatic nitrogens is 2.